The summed E-state index contributed by atoms with van der Waals surface area (Å²) in [5, 5.41) is 9.67. The highest BCUT2D eigenvalue weighted by atomic mass is 19.1. The molecule has 0 bridgehead atoms. The average molecular weight is 294 g/mol. The number of carbonyl (C=O) groups is 1. The first-order valence-electron chi connectivity index (χ1n) is 7.26. The highest BCUT2D eigenvalue weighted by Crippen LogP contribution is 2.20. The van der Waals surface area contributed by atoms with Crippen molar-refractivity contribution in [2.45, 2.75) is 26.3 Å². The summed E-state index contributed by atoms with van der Waals surface area (Å²) in [5.74, 6) is -0.903. The lowest BCUT2D eigenvalue weighted by Gasteiger charge is -2.42. The molecular formula is C16H23FN2O2. The minimum absolute atomic E-state index is 0.0632. The second-order valence-electron chi connectivity index (χ2n) is 6.52. The van der Waals surface area contributed by atoms with Crippen LogP contribution in [-0.2, 0) is 0 Å². The number of phenolic OH excluding ortho intramolecular Hbond substituents is 1. The van der Waals surface area contributed by atoms with Gasteiger partial charge in [0.1, 0.15) is 11.6 Å². The zero-order valence-corrected chi connectivity index (χ0v) is 12.9. The lowest BCUT2D eigenvalue weighted by molar-refractivity contribution is 0.0578. The van der Waals surface area contributed by atoms with Crippen molar-refractivity contribution in [3.63, 3.8) is 0 Å². The summed E-state index contributed by atoms with van der Waals surface area (Å²) in [5.41, 5.74) is 0.199. The van der Waals surface area contributed by atoms with Gasteiger partial charge in [-0.2, -0.15) is 0 Å². The first-order chi connectivity index (χ1) is 9.77. The molecule has 0 spiro atoms. The molecule has 1 aliphatic rings. The number of benzene rings is 1. The van der Waals surface area contributed by atoms with E-state index in [2.05, 4.69) is 30.6 Å². The van der Waals surface area contributed by atoms with E-state index in [9.17, 15) is 14.3 Å². The number of halogens is 1. The van der Waals surface area contributed by atoms with E-state index in [1.165, 1.54) is 6.07 Å². The Morgan fingerprint density at radius 1 is 1.24 bits per heavy atom. The second kappa shape index (κ2) is 6.12. The van der Waals surface area contributed by atoms with Gasteiger partial charge in [0.15, 0.2) is 5.78 Å². The number of rotatable bonds is 3. The monoisotopic (exact) mass is 294 g/mol. The van der Waals surface area contributed by atoms with Crippen molar-refractivity contribution in [2.24, 2.45) is 0 Å². The molecule has 4 nitrogen and oxygen atoms in total. The predicted molar refractivity (Wildman–Crippen MR) is 80.2 cm³/mol. The van der Waals surface area contributed by atoms with E-state index in [0.29, 0.717) is 0 Å². The smallest absolute Gasteiger partial charge is 0.180 e. The Kier molecular flexibility index (Phi) is 4.64. The van der Waals surface area contributed by atoms with Gasteiger partial charge in [-0.05, 0) is 39.0 Å². The SMILES string of the molecule is CC(C)(C)N1CCN(CC(=O)c2cc(F)ccc2O)CC1. The largest absolute Gasteiger partial charge is 0.507 e. The van der Waals surface area contributed by atoms with Crippen LogP contribution in [0.25, 0.3) is 0 Å². The van der Waals surface area contributed by atoms with Crippen molar-refractivity contribution in [3.8, 4) is 5.75 Å². The third-order valence-corrected chi connectivity index (χ3v) is 3.95. The number of carbonyl (C=O) groups excluding carboxylic acids is 1. The summed E-state index contributed by atoms with van der Waals surface area (Å²) >= 11 is 0. The van der Waals surface area contributed by atoms with Crippen molar-refractivity contribution in [1.82, 2.24) is 9.80 Å². The fraction of sp³-hybridized carbons (Fsp3) is 0.562. The minimum atomic E-state index is -0.506. The third kappa shape index (κ3) is 4.02. The summed E-state index contributed by atoms with van der Waals surface area (Å²) in [4.78, 5) is 16.6. The molecule has 1 aromatic carbocycles. The minimum Gasteiger partial charge on any atom is -0.507 e. The molecule has 1 aromatic rings. The van der Waals surface area contributed by atoms with Crippen LogP contribution >= 0.6 is 0 Å². The Labute approximate surface area is 125 Å². The van der Waals surface area contributed by atoms with Crippen LogP contribution in [0.5, 0.6) is 5.75 Å². The molecule has 1 fully saturated rings. The Balaban J connectivity index is 1.94. The van der Waals surface area contributed by atoms with Gasteiger partial charge in [0.25, 0.3) is 0 Å². The number of piperazine rings is 1. The van der Waals surface area contributed by atoms with Crippen molar-refractivity contribution in [2.75, 3.05) is 32.7 Å². The molecule has 0 saturated carbocycles. The summed E-state index contributed by atoms with van der Waals surface area (Å²) in [6, 6.07) is 3.47. The van der Waals surface area contributed by atoms with Crippen LogP contribution in [0.15, 0.2) is 18.2 Å². The highest BCUT2D eigenvalue weighted by Gasteiger charge is 2.27. The molecule has 0 radical (unpaired) electrons. The maximum absolute atomic E-state index is 13.2. The molecule has 0 atom stereocenters. The van der Waals surface area contributed by atoms with Crippen LogP contribution in [0, 0.1) is 5.82 Å². The Morgan fingerprint density at radius 3 is 2.43 bits per heavy atom. The molecule has 0 unspecified atom stereocenters. The van der Waals surface area contributed by atoms with E-state index < -0.39 is 5.82 Å². The summed E-state index contributed by atoms with van der Waals surface area (Å²) in [7, 11) is 0. The van der Waals surface area contributed by atoms with Gasteiger partial charge >= 0.3 is 0 Å². The van der Waals surface area contributed by atoms with Crippen molar-refractivity contribution >= 4 is 5.78 Å². The fourth-order valence-electron chi connectivity index (χ4n) is 2.60. The molecule has 1 heterocycles. The standard InChI is InChI=1S/C16H23FN2O2/c1-16(2,3)19-8-6-18(7-9-19)11-15(21)13-10-12(17)4-5-14(13)20/h4-5,10,20H,6-9,11H2,1-3H3. The van der Waals surface area contributed by atoms with Crippen molar-refractivity contribution in [1.29, 1.82) is 0 Å². The number of aromatic hydroxyl groups is 1. The van der Waals surface area contributed by atoms with Crippen LogP contribution in [-0.4, -0.2) is 59.0 Å². The van der Waals surface area contributed by atoms with E-state index in [0.717, 1.165) is 38.3 Å². The topological polar surface area (TPSA) is 43.8 Å². The van der Waals surface area contributed by atoms with Gasteiger partial charge in [-0.15, -0.1) is 0 Å². The molecule has 0 amide bonds. The maximum Gasteiger partial charge on any atom is 0.180 e. The van der Waals surface area contributed by atoms with E-state index in [1.807, 2.05) is 0 Å². The Bertz CT molecular complexity index is 517. The zero-order valence-electron chi connectivity index (χ0n) is 12.9. The van der Waals surface area contributed by atoms with Gasteiger partial charge in [0.2, 0.25) is 0 Å². The normalized spacial score (nSPS) is 17.9. The Hall–Kier alpha value is -1.46. The number of nitrogens with zero attached hydrogens (tertiary/aromatic N) is 2. The van der Waals surface area contributed by atoms with Crippen molar-refractivity contribution < 1.29 is 14.3 Å². The molecule has 1 aliphatic heterocycles. The predicted octanol–water partition coefficient (Wildman–Crippen LogP) is 2.13. The summed E-state index contributed by atoms with van der Waals surface area (Å²) in [6.45, 7) is 10.2. The van der Waals surface area contributed by atoms with Crippen LogP contribution in [0.4, 0.5) is 4.39 Å². The Morgan fingerprint density at radius 2 is 1.86 bits per heavy atom. The molecule has 116 valence electrons. The van der Waals surface area contributed by atoms with Crippen LogP contribution in [0.2, 0.25) is 0 Å². The van der Waals surface area contributed by atoms with Gasteiger partial charge in [-0.1, -0.05) is 0 Å². The summed E-state index contributed by atoms with van der Waals surface area (Å²) in [6.07, 6.45) is 0. The van der Waals surface area contributed by atoms with Gasteiger partial charge in [-0.25, -0.2) is 4.39 Å². The molecular weight excluding hydrogens is 271 g/mol. The van der Waals surface area contributed by atoms with Crippen LogP contribution in [0.1, 0.15) is 31.1 Å². The molecule has 0 aliphatic carbocycles. The van der Waals surface area contributed by atoms with Crippen LogP contribution in [0.3, 0.4) is 0 Å². The lowest BCUT2D eigenvalue weighted by Crippen LogP contribution is -2.54. The number of phenols is 1. The number of Topliss-reactive ketones (excluding diaryl/α,β-unsaturated/α-hetero) is 1. The molecule has 1 saturated heterocycles. The average Bonchev–Trinajstić information content (AvgIpc) is 2.41. The van der Waals surface area contributed by atoms with Gasteiger partial charge in [0, 0.05) is 31.7 Å². The van der Waals surface area contributed by atoms with Gasteiger partial charge in [0.05, 0.1) is 12.1 Å². The first kappa shape index (κ1) is 15.9. The second-order valence-corrected chi connectivity index (χ2v) is 6.52. The number of hydrogen-bond acceptors (Lipinski definition) is 4. The fourth-order valence-corrected chi connectivity index (χ4v) is 2.60. The third-order valence-electron chi connectivity index (χ3n) is 3.95. The van der Waals surface area contributed by atoms with Crippen LogP contribution < -0.4 is 0 Å². The van der Waals surface area contributed by atoms with E-state index in [4.69, 9.17) is 0 Å². The van der Waals surface area contributed by atoms with Gasteiger partial charge < -0.3 is 5.11 Å². The van der Waals surface area contributed by atoms with Crippen molar-refractivity contribution in [3.05, 3.63) is 29.6 Å². The van der Waals surface area contributed by atoms with E-state index >= 15 is 0 Å². The maximum atomic E-state index is 13.2. The molecule has 2 rings (SSSR count). The molecule has 1 N–H and O–H groups in total. The summed E-state index contributed by atoms with van der Waals surface area (Å²) < 4.78 is 13.2. The van der Waals surface area contributed by atoms with E-state index in [1.54, 1.807) is 0 Å². The molecule has 0 aromatic heterocycles. The number of ketones is 1. The highest BCUT2D eigenvalue weighted by molar-refractivity contribution is 6.00. The quantitative estimate of drug-likeness (QED) is 0.867. The number of hydrogen-bond donors (Lipinski definition) is 1. The molecule has 21 heavy (non-hydrogen) atoms. The molecule has 5 heteroatoms. The first-order valence-corrected chi connectivity index (χ1v) is 7.26. The van der Waals surface area contributed by atoms with Gasteiger partial charge in [-0.3, -0.25) is 14.6 Å². The van der Waals surface area contributed by atoms with E-state index in [-0.39, 0.29) is 29.2 Å². The zero-order chi connectivity index (χ0) is 15.6. The lowest BCUT2D eigenvalue weighted by atomic mass is 10.0.